The van der Waals surface area contributed by atoms with Crippen molar-refractivity contribution < 1.29 is 4.79 Å². The van der Waals surface area contributed by atoms with E-state index in [1.54, 1.807) is 0 Å². The van der Waals surface area contributed by atoms with Crippen LogP contribution in [0, 0.1) is 5.92 Å². The summed E-state index contributed by atoms with van der Waals surface area (Å²) in [6.45, 7) is 2.12. The molecule has 12 heavy (non-hydrogen) atoms. The molecule has 70 valence electrons. The highest BCUT2D eigenvalue weighted by atomic mass is 16.1. The van der Waals surface area contributed by atoms with E-state index < -0.39 is 5.54 Å². The molecule has 3 nitrogen and oxygen atoms in total. The molecule has 1 rings (SSSR count). The summed E-state index contributed by atoms with van der Waals surface area (Å²) in [5, 5.41) is 3.10. The summed E-state index contributed by atoms with van der Waals surface area (Å²) < 4.78 is 0. The lowest BCUT2D eigenvalue weighted by Crippen LogP contribution is -2.56. The van der Waals surface area contributed by atoms with Crippen molar-refractivity contribution in [3.05, 3.63) is 0 Å². The summed E-state index contributed by atoms with van der Waals surface area (Å²) in [4.78, 5) is 11.3. The van der Waals surface area contributed by atoms with E-state index in [1.165, 1.54) is 0 Å². The van der Waals surface area contributed by atoms with Gasteiger partial charge in [-0.2, -0.15) is 0 Å². The lowest BCUT2D eigenvalue weighted by atomic mass is 9.84. The predicted octanol–water partition coefficient (Wildman–Crippen LogP) is 0.640. The first kappa shape index (κ1) is 9.52. The number of nitrogens with one attached hydrogen (secondary N) is 1. The molecule has 0 radical (unpaired) electrons. The van der Waals surface area contributed by atoms with Crippen LogP contribution in [0.25, 0.3) is 0 Å². The van der Waals surface area contributed by atoms with Crippen molar-refractivity contribution in [3.63, 3.8) is 0 Å². The van der Waals surface area contributed by atoms with Crippen molar-refractivity contribution in [2.24, 2.45) is 11.7 Å². The molecule has 2 unspecified atom stereocenters. The molecule has 3 heteroatoms. The van der Waals surface area contributed by atoms with Crippen LogP contribution in [-0.2, 0) is 4.79 Å². The van der Waals surface area contributed by atoms with Crippen molar-refractivity contribution in [1.29, 1.82) is 0 Å². The summed E-state index contributed by atoms with van der Waals surface area (Å²) in [7, 11) is 1.83. The monoisotopic (exact) mass is 170 g/mol. The van der Waals surface area contributed by atoms with E-state index in [-0.39, 0.29) is 5.91 Å². The fourth-order valence-corrected chi connectivity index (χ4v) is 2.41. The molecule has 0 aromatic rings. The van der Waals surface area contributed by atoms with Gasteiger partial charge in [0.25, 0.3) is 0 Å². The fourth-order valence-electron chi connectivity index (χ4n) is 2.41. The molecular formula is C9H18N2O. The van der Waals surface area contributed by atoms with Crippen LogP contribution in [0.5, 0.6) is 0 Å². The van der Waals surface area contributed by atoms with E-state index in [4.69, 9.17) is 5.73 Å². The summed E-state index contributed by atoms with van der Waals surface area (Å²) >= 11 is 0. The van der Waals surface area contributed by atoms with Crippen LogP contribution < -0.4 is 11.1 Å². The highest BCUT2D eigenvalue weighted by molar-refractivity contribution is 5.85. The Kier molecular flexibility index (Phi) is 2.73. The molecule has 1 saturated carbocycles. The molecule has 3 N–H and O–H groups in total. The smallest absolute Gasteiger partial charge is 0.238 e. The molecule has 2 atom stereocenters. The molecule has 1 fully saturated rings. The molecule has 0 saturated heterocycles. The van der Waals surface area contributed by atoms with Crippen LogP contribution in [-0.4, -0.2) is 18.5 Å². The minimum absolute atomic E-state index is 0.186. The Hall–Kier alpha value is -0.570. The SMILES string of the molecule is CCC1CCCC1(NC)C(N)=O. The third kappa shape index (κ3) is 1.22. The largest absolute Gasteiger partial charge is 0.368 e. The van der Waals surface area contributed by atoms with Gasteiger partial charge in [-0.3, -0.25) is 4.79 Å². The second-order valence-corrected chi connectivity index (χ2v) is 3.58. The minimum atomic E-state index is -0.408. The number of amides is 1. The maximum Gasteiger partial charge on any atom is 0.238 e. The van der Waals surface area contributed by atoms with Gasteiger partial charge in [-0.05, 0) is 25.8 Å². The molecule has 0 bridgehead atoms. The number of hydrogen-bond acceptors (Lipinski definition) is 2. The Labute approximate surface area is 73.7 Å². The number of nitrogens with two attached hydrogens (primary N) is 1. The molecular weight excluding hydrogens is 152 g/mol. The van der Waals surface area contributed by atoms with Gasteiger partial charge in [-0.25, -0.2) is 0 Å². The lowest BCUT2D eigenvalue weighted by Gasteiger charge is -2.31. The zero-order valence-corrected chi connectivity index (χ0v) is 7.89. The molecule has 1 aliphatic carbocycles. The Morgan fingerprint density at radius 3 is 2.75 bits per heavy atom. The van der Waals surface area contributed by atoms with Crippen LogP contribution in [0.2, 0.25) is 0 Å². The average Bonchev–Trinajstić information content (AvgIpc) is 2.47. The second-order valence-electron chi connectivity index (χ2n) is 3.58. The summed E-state index contributed by atoms with van der Waals surface area (Å²) in [6, 6.07) is 0. The van der Waals surface area contributed by atoms with Gasteiger partial charge in [0.05, 0.1) is 0 Å². The van der Waals surface area contributed by atoms with Crippen molar-refractivity contribution in [2.75, 3.05) is 7.05 Å². The predicted molar refractivity (Wildman–Crippen MR) is 48.6 cm³/mol. The number of primary amides is 1. The highest BCUT2D eigenvalue weighted by Crippen LogP contribution is 2.37. The molecule has 0 heterocycles. The molecule has 0 aliphatic heterocycles. The normalized spacial score (nSPS) is 35.3. The van der Waals surface area contributed by atoms with Crippen molar-refractivity contribution in [1.82, 2.24) is 5.32 Å². The maximum absolute atomic E-state index is 11.3. The molecule has 1 aliphatic rings. The van der Waals surface area contributed by atoms with Crippen LogP contribution >= 0.6 is 0 Å². The topological polar surface area (TPSA) is 55.1 Å². The van der Waals surface area contributed by atoms with Gasteiger partial charge in [0, 0.05) is 0 Å². The van der Waals surface area contributed by atoms with Gasteiger partial charge in [0.1, 0.15) is 5.54 Å². The third-order valence-corrected chi connectivity index (χ3v) is 3.20. The summed E-state index contributed by atoms with van der Waals surface area (Å²) in [5.41, 5.74) is 5.00. The van der Waals surface area contributed by atoms with Gasteiger partial charge in [0.2, 0.25) is 5.91 Å². The number of carbonyl (C=O) groups is 1. The number of hydrogen-bond donors (Lipinski definition) is 2. The van der Waals surface area contributed by atoms with Crippen LogP contribution in [0.4, 0.5) is 0 Å². The zero-order valence-electron chi connectivity index (χ0n) is 7.89. The van der Waals surface area contributed by atoms with E-state index in [9.17, 15) is 4.79 Å². The summed E-state index contributed by atoms with van der Waals surface area (Å²) in [5.74, 6) is 0.245. The second kappa shape index (κ2) is 3.44. The zero-order chi connectivity index (χ0) is 9.19. The van der Waals surface area contributed by atoms with Gasteiger partial charge >= 0.3 is 0 Å². The first-order chi connectivity index (χ1) is 5.67. The van der Waals surface area contributed by atoms with Gasteiger partial charge in [-0.1, -0.05) is 19.8 Å². The van der Waals surface area contributed by atoms with E-state index in [2.05, 4.69) is 12.2 Å². The fraction of sp³-hybridized carbons (Fsp3) is 0.889. The number of carbonyl (C=O) groups excluding carboxylic acids is 1. The molecule has 0 spiro atoms. The van der Waals surface area contributed by atoms with Crippen LogP contribution in [0.1, 0.15) is 32.6 Å². The van der Waals surface area contributed by atoms with E-state index in [0.717, 1.165) is 25.7 Å². The summed E-state index contributed by atoms with van der Waals surface area (Å²) in [6.07, 6.45) is 4.17. The Bertz CT molecular complexity index is 181. The Morgan fingerprint density at radius 2 is 2.42 bits per heavy atom. The number of rotatable bonds is 3. The van der Waals surface area contributed by atoms with Gasteiger partial charge in [0.15, 0.2) is 0 Å². The van der Waals surface area contributed by atoms with E-state index in [1.807, 2.05) is 7.05 Å². The highest BCUT2D eigenvalue weighted by Gasteiger charge is 2.45. The Balaban J connectivity index is 2.83. The molecule has 0 aromatic carbocycles. The van der Waals surface area contributed by atoms with Crippen LogP contribution in [0.3, 0.4) is 0 Å². The van der Waals surface area contributed by atoms with E-state index in [0.29, 0.717) is 5.92 Å². The molecule has 0 aromatic heterocycles. The quantitative estimate of drug-likeness (QED) is 0.653. The average molecular weight is 170 g/mol. The Morgan fingerprint density at radius 1 is 1.75 bits per heavy atom. The van der Waals surface area contributed by atoms with Crippen molar-refractivity contribution in [3.8, 4) is 0 Å². The third-order valence-electron chi connectivity index (χ3n) is 3.20. The minimum Gasteiger partial charge on any atom is -0.368 e. The van der Waals surface area contributed by atoms with E-state index >= 15 is 0 Å². The van der Waals surface area contributed by atoms with Crippen LogP contribution in [0.15, 0.2) is 0 Å². The maximum atomic E-state index is 11.3. The van der Waals surface area contributed by atoms with Gasteiger partial charge in [-0.15, -0.1) is 0 Å². The first-order valence-electron chi connectivity index (χ1n) is 4.66. The molecule has 1 amide bonds. The van der Waals surface area contributed by atoms with Crippen molar-refractivity contribution in [2.45, 2.75) is 38.1 Å². The first-order valence-corrected chi connectivity index (χ1v) is 4.66. The lowest BCUT2D eigenvalue weighted by molar-refractivity contribution is -0.125. The van der Waals surface area contributed by atoms with Crippen molar-refractivity contribution >= 4 is 5.91 Å². The van der Waals surface area contributed by atoms with Gasteiger partial charge < -0.3 is 11.1 Å². The number of likely N-dealkylation sites (N-methyl/N-ethyl adjacent to an activating group) is 1. The standard InChI is InChI=1S/C9H18N2O/c1-3-7-5-4-6-9(7,11-2)8(10)12/h7,11H,3-6H2,1-2H3,(H2,10,12).